The lowest BCUT2D eigenvalue weighted by molar-refractivity contribution is -0.116. The Bertz CT molecular complexity index is 617. The molecule has 1 aliphatic heterocycles. The standard InChI is InChI=1S/C20H31N3O3/c1-16(24)9-10-21-15-17-7-5-6-8-18(17)22-11-13-23(14-12-22)19(25)26-20(2,3)4/h5-8,21H,9-15H2,1-4H3. The molecule has 1 saturated heterocycles. The molecule has 6 heteroatoms. The summed E-state index contributed by atoms with van der Waals surface area (Å²) in [4.78, 5) is 27.3. The SMILES string of the molecule is CC(=O)CCNCc1ccccc1N1CCN(C(=O)OC(C)(C)C)CC1. The number of para-hydroxylation sites is 1. The Labute approximate surface area is 156 Å². The first-order valence-corrected chi connectivity index (χ1v) is 9.27. The maximum Gasteiger partial charge on any atom is 0.410 e. The molecule has 1 aliphatic rings. The van der Waals surface area contributed by atoms with Gasteiger partial charge in [0.25, 0.3) is 0 Å². The van der Waals surface area contributed by atoms with Crippen molar-refractivity contribution in [1.29, 1.82) is 0 Å². The lowest BCUT2D eigenvalue weighted by atomic mass is 10.1. The molecule has 26 heavy (non-hydrogen) atoms. The van der Waals surface area contributed by atoms with Crippen molar-refractivity contribution in [3.63, 3.8) is 0 Å². The molecule has 0 radical (unpaired) electrons. The van der Waals surface area contributed by atoms with Crippen molar-refractivity contribution in [2.45, 2.75) is 46.3 Å². The van der Waals surface area contributed by atoms with Gasteiger partial charge in [-0.1, -0.05) is 18.2 Å². The fraction of sp³-hybridized carbons (Fsp3) is 0.600. The van der Waals surface area contributed by atoms with Crippen LogP contribution in [0.5, 0.6) is 0 Å². The minimum atomic E-state index is -0.466. The molecule has 2 rings (SSSR count). The number of piperazine rings is 1. The number of ether oxygens (including phenoxy) is 1. The van der Waals surface area contributed by atoms with E-state index in [1.165, 1.54) is 11.3 Å². The fourth-order valence-corrected chi connectivity index (χ4v) is 2.91. The van der Waals surface area contributed by atoms with Crippen molar-refractivity contribution < 1.29 is 14.3 Å². The molecule has 144 valence electrons. The van der Waals surface area contributed by atoms with Gasteiger partial charge in [0.15, 0.2) is 0 Å². The molecule has 1 aromatic rings. The van der Waals surface area contributed by atoms with Gasteiger partial charge in [-0.3, -0.25) is 4.79 Å². The van der Waals surface area contributed by atoms with E-state index < -0.39 is 5.60 Å². The minimum Gasteiger partial charge on any atom is -0.444 e. The summed E-state index contributed by atoms with van der Waals surface area (Å²) in [5.74, 6) is 0.198. The van der Waals surface area contributed by atoms with Gasteiger partial charge in [-0.05, 0) is 39.3 Å². The number of rotatable bonds is 6. The molecule has 0 aromatic heterocycles. The average Bonchev–Trinajstić information content (AvgIpc) is 2.57. The number of Topliss-reactive ketones (excluding diaryl/α,β-unsaturated/α-hetero) is 1. The van der Waals surface area contributed by atoms with Crippen LogP contribution in [0.25, 0.3) is 0 Å². The highest BCUT2D eigenvalue weighted by atomic mass is 16.6. The maximum atomic E-state index is 12.2. The molecular weight excluding hydrogens is 330 g/mol. The third-order valence-electron chi connectivity index (χ3n) is 4.23. The van der Waals surface area contributed by atoms with Crippen LogP contribution in [0.1, 0.15) is 39.7 Å². The van der Waals surface area contributed by atoms with Gasteiger partial charge in [-0.15, -0.1) is 0 Å². The number of benzene rings is 1. The largest absolute Gasteiger partial charge is 0.444 e. The van der Waals surface area contributed by atoms with Gasteiger partial charge in [0.05, 0.1) is 0 Å². The Morgan fingerprint density at radius 3 is 2.38 bits per heavy atom. The predicted molar refractivity (Wildman–Crippen MR) is 103 cm³/mol. The van der Waals surface area contributed by atoms with Gasteiger partial charge in [-0.25, -0.2) is 4.79 Å². The Morgan fingerprint density at radius 2 is 1.77 bits per heavy atom. The molecular formula is C20H31N3O3. The third-order valence-corrected chi connectivity index (χ3v) is 4.23. The van der Waals surface area contributed by atoms with Gasteiger partial charge in [0.2, 0.25) is 0 Å². The van der Waals surface area contributed by atoms with Crippen LogP contribution in [0.3, 0.4) is 0 Å². The summed E-state index contributed by atoms with van der Waals surface area (Å²) in [6.45, 7) is 11.6. The summed E-state index contributed by atoms with van der Waals surface area (Å²) in [6, 6.07) is 8.29. The van der Waals surface area contributed by atoms with E-state index in [0.29, 0.717) is 26.1 Å². The summed E-state index contributed by atoms with van der Waals surface area (Å²) in [6.07, 6.45) is 0.313. The summed E-state index contributed by atoms with van der Waals surface area (Å²) in [5.41, 5.74) is 1.93. The van der Waals surface area contributed by atoms with Crippen LogP contribution in [0, 0.1) is 0 Å². The summed E-state index contributed by atoms with van der Waals surface area (Å²) in [7, 11) is 0. The van der Waals surface area contributed by atoms with Crippen molar-refractivity contribution in [1.82, 2.24) is 10.2 Å². The predicted octanol–water partition coefficient (Wildman–Crippen LogP) is 2.81. The van der Waals surface area contributed by atoms with Gasteiger partial charge in [0.1, 0.15) is 11.4 Å². The highest BCUT2D eigenvalue weighted by molar-refractivity contribution is 5.75. The molecule has 1 heterocycles. The van der Waals surface area contributed by atoms with E-state index >= 15 is 0 Å². The molecule has 0 bridgehead atoms. The zero-order valence-electron chi connectivity index (χ0n) is 16.4. The zero-order valence-corrected chi connectivity index (χ0v) is 16.4. The number of hydrogen-bond acceptors (Lipinski definition) is 5. The van der Waals surface area contributed by atoms with Crippen LogP contribution in [0.2, 0.25) is 0 Å². The number of ketones is 1. The molecule has 1 fully saturated rings. The number of nitrogens with zero attached hydrogens (tertiary/aromatic N) is 2. The first kappa shape index (κ1) is 20.2. The van der Waals surface area contributed by atoms with E-state index in [1.54, 1.807) is 11.8 Å². The van der Waals surface area contributed by atoms with Crippen LogP contribution in [0.4, 0.5) is 10.5 Å². The zero-order chi connectivity index (χ0) is 19.2. The third kappa shape index (κ3) is 6.33. The lowest BCUT2D eigenvalue weighted by Gasteiger charge is -2.37. The van der Waals surface area contributed by atoms with Crippen LogP contribution in [0.15, 0.2) is 24.3 Å². The van der Waals surface area contributed by atoms with Crippen LogP contribution < -0.4 is 10.2 Å². The number of carbonyl (C=O) groups excluding carboxylic acids is 2. The average molecular weight is 361 g/mol. The van der Waals surface area contributed by atoms with Gasteiger partial charge < -0.3 is 19.9 Å². The van der Waals surface area contributed by atoms with Crippen molar-refractivity contribution in [2.75, 3.05) is 37.6 Å². The molecule has 0 saturated carbocycles. The molecule has 0 atom stereocenters. The summed E-state index contributed by atoms with van der Waals surface area (Å²) < 4.78 is 5.46. The number of anilines is 1. The van der Waals surface area contributed by atoms with Crippen molar-refractivity contribution in [2.24, 2.45) is 0 Å². The maximum absolute atomic E-state index is 12.2. The molecule has 1 aromatic carbocycles. The second-order valence-corrected chi connectivity index (χ2v) is 7.71. The number of amides is 1. The van der Waals surface area contributed by atoms with E-state index in [0.717, 1.165) is 19.6 Å². The molecule has 0 aliphatic carbocycles. The molecule has 6 nitrogen and oxygen atoms in total. The van der Waals surface area contributed by atoms with E-state index in [9.17, 15) is 9.59 Å². The second kappa shape index (κ2) is 9.03. The van der Waals surface area contributed by atoms with E-state index in [2.05, 4.69) is 22.3 Å². The normalized spacial score (nSPS) is 15.1. The molecule has 1 N–H and O–H groups in total. The highest BCUT2D eigenvalue weighted by Crippen LogP contribution is 2.22. The van der Waals surface area contributed by atoms with Gasteiger partial charge in [-0.2, -0.15) is 0 Å². The second-order valence-electron chi connectivity index (χ2n) is 7.71. The Balaban J connectivity index is 1.90. The minimum absolute atomic E-state index is 0.198. The first-order chi connectivity index (χ1) is 12.3. The van der Waals surface area contributed by atoms with Gasteiger partial charge >= 0.3 is 6.09 Å². The van der Waals surface area contributed by atoms with E-state index in [-0.39, 0.29) is 11.9 Å². The van der Waals surface area contributed by atoms with E-state index in [4.69, 9.17) is 4.74 Å². The van der Waals surface area contributed by atoms with Crippen LogP contribution in [-0.4, -0.2) is 55.1 Å². The van der Waals surface area contributed by atoms with E-state index in [1.807, 2.05) is 32.9 Å². The fourth-order valence-electron chi connectivity index (χ4n) is 2.91. The monoisotopic (exact) mass is 361 g/mol. The van der Waals surface area contributed by atoms with Crippen molar-refractivity contribution in [3.8, 4) is 0 Å². The Kier molecular flexibility index (Phi) is 7.03. The smallest absolute Gasteiger partial charge is 0.410 e. The number of hydrogen-bond donors (Lipinski definition) is 1. The van der Waals surface area contributed by atoms with Crippen molar-refractivity contribution >= 4 is 17.6 Å². The summed E-state index contributed by atoms with van der Waals surface area (Å²) in [5, 5.41) is 3.33. The topological polar surface area (TPSA) is 61.9 Å². The molecule has 1 amide bonds. The van der Waals surface area contributed by atoms with Gasteiger partial charge in [0, 0.05) is 51.4 Å². The van der Waals surface area contributed by atoms with Crippen molar-refractivity contribution in [3.05, 3.63) is 29.8 Å². The molecule has 0 unspecified atom stereocenters. The number of carbonyl (C=O) groups is 2. The Hall–Kier alpha value is -2.08. The lowest BCUT2D eigenvalue weighted by Crippen LogP contribution is -2.50. The number of nitrogens with one attached hydrogen (secondary N) is 1. The van der Waals surface area contributed by atoms with Crippen LogP contribution in [-0.2, 0) is 16.1 Å². The highest BCUT2D eigenvalue weighted by Gasteiger charge is 2.26. The Morgan fingerprint density at radius 1 is 1.12 bits per heavy atom. The summed E-state index contributed by atoms with van der Waals surface area (Å²) >= 11 is 0. The molecule has 0 spiro atoms. The first-order valence-electron chi connectivity index (χ1n) is 9.27. The quantitative estimate of drug-likeness (QED) is 0.790. The van der Waals surface area contributed by atoms with Crippen LogP contribution >= 0.6 is 0 Å².